The number of thiazole rings is 1. The number of aromatic nitrogens is 5. The third kappa shape index (κ3) is 5.17. The van der Waals surface area contributed by atoms with Gasteiger partial charge in [-0.25, -0.2) is 33.1 Å². The number of alkyl halides is 2. The smallest absolute Gasteiger partial charge is 0.280 e. The van der Waals surface area contributed by atoms with Crippen LogP contribution < -0.4 is 5.32 Å². The molecule has 1 aliphatic rings. The number of benzene rings is 1. The van der Waals surface area contributed by atoms with Crippen molar-refractivity contribution in [1.29, 1.82) is 0 Å². The van der Waals surface area contributed by atoms with Crippen molar-refractivity contribution in [1.82, 2.24) is 34.7 Å². The lowest BCUT2D eigenvalue weighted by Crippen LogP contribution is -2.52. The number of amides is 2. The van der Waals surface area contributed by atoms with Crippen molar-refractivity contribution >= 4 is 34.2 Å². The van der Waals surface area contributed by atoms with Crippen molar-refractivity contribution in [2.75, 3.05) is 13.1 Å². The number of hydrogen-bond acceptors (Lipinski definition) is 8. The molecule has 0 spiro atoms. The van der Waals surface area contributed by atoms with Crippen molar-refractivity contribution in [3.8, 4) is 23.0 Å². The van der Waals surface area contributed by atoms with Gasteiger partial charge < -0.3 is 19.2 Å². The molecule has 0 unspecified atom stereocenters. The molecule has 41 heavy (non-hydrogen) atoms. The second-order valence-corrected chi connectivity index (χ2v) is 10.6. The van der Waals surface area contributed by atoms with E-state index in [4.69, 9.17) is 9.40 Å². The highest BCUT2D eigenvalue weighted by atomic mass is 32.1. The molecular weight excluding hydrogens is 559 g/mol. The van der Waals surface area contributed by atoms with Gasteiger partial charge >= 0.3 is 0 Å². The lowest BCUT2D eigenvalue weighted by atomic mass is 9.99. The Morgan fingerprint density at radius 2 is 1.98 bits per heavy atom. The third-order valence-corrected chi connectivity index (χ3v) is 7.85. The normalized spacial score (nSPS) is 17.3. The summed E-state index contributed by atoms with van der Waals surface area (Å²) in [5, 5.41) is 2.74. The van der Waals surface area contributed by atoms with Crippen molar-refractivity contribution in [2.24, 2.45) is 0 Å². The molecule has 1 aliphatic heterocycles. The number of carbonyl (C=O) groups is 2. The van der Waals surface area contributed by atoms with E-state index in [1.807, 2.05) is 4.57 Å². The van der Waals surface area contributed by atoms with Gasteiger partial charge in [-0.2, -0.15) is 0 Å². The third-order valence-electron chi connectivity index (χ3n) is 6.85. The molecule has 1 N–H and O–H groups in total. The summed E-state index contributed by atoms with van der Waals surface area (Å²) in [6, 6.07) is 6.96. The van der Waals surface area contributed by atoms with E-state index in [0.717, 1.165) is 6.20 Å². The summed E-state index contributed by atoms with van der Waals surface area (Å²) in [4.78, 5) is 43.9. The van der Waals surface area contributed by atoms with Crippen LogP contribution in [-0.4, -0.2) is 60.3 Å². The highest BCUT2D eigenvalue weighted by Gasteiger charge is 2.34. The number of hydrogen-bond donors (Lipinski definition) is 1. The van der Waals surface area contributed by atoms with E-state index in [0.29, 0.717) is 40.3 Å². The molecule has 10 nitrogen and oxygen atoms in total. The predicted octanol–water partition coefficient (Wildman–Crippen LogP) is 4.88. The molecule has 4 aromatic heterocycles. The number of nitrogens with zero attached hydrogens (tertiary/aromatic N) is 6. The van der Waals surface area contributed by atoms with Gasteiger partial charge in [-0.1, -0.05) is 12.1 Å². The maximum Gasteiger partial charge on any atom is 0.280 e. The van der Waals surface area contributed by atoms with Gasteiger partial charge in [0.15, 0.2) is 5.01 Å². The van der Waals surface area contributed by atoms with Gasteiger partial charge in [0.1, 0.15) is 29.1 Å². The number of halogens is 3. The first-order valence-corrected chi connectivity index (χ1v) is 13.4. The van der Waals surface area contributed by atoms with Gasteiger partial charge in [-0.15, -0.1) is 11.3 Å². The van der Waals surface area contributed by atoms with Gasteiger partial charge in [-0.05, 0) is 24.6 Å². The van der Waals surface area contributed by atoms with Crippen LogP contribution in [0.3, 0.4) is 0 Å². The minimum atomic E-state index is -2.73. The number of fused-ring (bicyclic) bond motifs is 1. The lowest BCUT2D eigenvalue weighted by Gasteiger charge is -2.38. The summed E-state index contributed by atoms with van der Waals surface area (Å²) in [5.74, 6) is -0.699. The maximum atomic E-state index is 15.1. The van der Waals surface area contributed by atoms with Crippen molar-refractivity contribution in [3.63, 3.8) is 0 Å². The van der Waals surface area contributed by atoms with E-state index >= 15 is 4.39 Å². The fourth-order valence-electron chi connectivity index (χ4n) is 5.03. The molecule has 2 amide bonds. The van der Waals surface area contributed by atoms with E-state index in [1.54, 1.807) is 35.4 Å². The van der Waals surface area contributed by atoms with Crippen LogP contribution in [0.4, 0.5) is 13.2 Å². The average Bonchev–Trinajstić information content (AvgIpc) is 3.73. The maximum absolute atomic E-state index is 15.1. The largest absolute Gasteiger partial charge is 0.443 e. The molecule has 5 aromatic rings. The molecule has 1 aromatic carbocycles. The summed E-state index contributed by atoms with van der Waals surface area (Å²) >= 11 is 0.614. The Morgan fingerprint density at radius 3 is 2.68 bits per heavy atom. The zero-order valence-corrected chi connectivity index (χ0v) is 22.3. The average molecular weight is 582 g/mol. The summed E-state index contributed by atoms with van der Waals surface area (Å²) in [7, 11) is 0. The summed E-state index contributed by atoms with van der Waals surface area (Å²) < 4.78 is 48.4. The molecule has 0 radical (unpaired) electrons. The first-order valence-electron chi connectivity index (χ1n) is 12.6. The van der Waals surface area contributed by atoms with Crippen molar-refractivity contribution < 1.29 is 27.2 Å². The Kier molecular flexibility index (Phi) is 6.99. The summed E-state index contributed by atoms with van der Waals surface area (Å²) in [6.45, 7) is 1.89. The number of carbonyl (C=O) groups excluding carboxylic acids is 2. The van der Waals surface area contributed by atoms with Crippen LogP contribution in [-0.2, 0) is 4.79 Å². The second kappa shape index (κ2) is 10.8. The standard InChI is InChI=1S/C27H22F3N7O3S/c1-14(38)36-12-15(34-25(39)27-33-11-22(41-27)23(29)30)8-16(13-36)37-21-9-19(26-31-6-7-40-26)32-10-20(21)35-24(37)17-4-2-3-5-18(17)28/h2-7,9-11,15-16,23H,8,12-13H2,1H3,(H,34,39)/t15-,16+/m1/s1. The number of piperidine rings is 1. The fourth-order valence-corrected chi connectivity index (χ4v) is 5.70. The van der Waals surface area contributed by atoms with E-state index in [9.17, 15) is 18.4 Å². The van der Waals surface area contributed by atoms with Gasteiger partial charge in [-0.3, -0.25) is 9.59 Å². The minimum Gasteiger partial charge on any atom is -0.443 e. The molecule has 2 atom stereocenters. The molecule has 6 rings (SSSR count). The van der Waals surface area contributed by atoms with Crippen LogP contribution in [0.2, 0.25) is 0 Å². The van der Waals surface area contributed by atoms with E-state index < -0.39 is 30.2 Å². The minimum absolute atomic E-state index is 0.0985. The number of pyridine rings is 1. The molecule has 0 aliphatic carbocycles. The predicted molar refractivity (Wildman–Crippen MR) is 143 cm³/mol. The van der Waals surface area contributed by atoms with Crippen molar-refractivity contribution in [2.45, 2.75) is 31.9 Å². The molecule has 210 valence electrons. The van der Waals surface area contributed by atoms with Gasteiger partial charge in [0, 0.05) is 32.3 Å². The van der Waals surface area contributed by atoms with Gasteiger partial charge in [0.05, 0.1) is 34.4 Å². The first-order chi connectivity index (χ1) is 19.8. The summed E-state index contributed by atoms with van der Waals surface area (Å²) in [6.07, 6.45) is 3.05. The van der Waals surface area contributed by atoms with E-state index in [-0.39, 0.29) is 40.3 Å². The summed E-state index contributed by atoms with van der Waals surface area (Å²) in [5.41, 5.74) is 1.78. The van der Waals surface area contributed by atoms with Crippen LogP contribution in [0.15, 0.2) is 59.6 Å². The molecule has 1 fully saturated rings. The lowest BCUT2D eigenvalue weighted by molar-refractivity contribution is -0.130. The molecule has 0 saturated carbocycles. The number of oxazole rings is 1. The number of rotatable bonds is 6. The van der Waals surface area contributed by atoms with Crippen LogP contribution in [0.1, 0.15) is 40.5 Å². The van der Waals surface area contributed by atoms with Crippen LogP contribution >= 0.6 is 11.3 Å². The topological polar surface area (TPSA) is 119 Å². The Bertz CT molecular complexity index is 1740. The monoisotopic (exact) mass is 581 g/mol. The van der Waals surface area contributed by atoms with Crippen LogP contribution in [0.25, 0.3) is 34.0 Å². The molecule has 1 saturated heterocycles. The molecule has 0 bridgehead atoms. The number of likely N-dealkylation sites (tertiary alicyclic amines) is 1. The highest BCUT2D eigenvalue weighted by molar-refractivity contribution is 7.13. The first kappa shape index (κ1) is 26.6. The van der Waals surface area contributed by atoms with Gasteiger partial charge in [0.2, 0.25) is 11.8 Å². The molecule has 14 heteroatoms. The zero-order valence-electron chi connectivity index (χ0n) is 21.5. The van der Waals surface area contributed by atoms with Gasteiger partial charge in [0.25, 0.3) is 12.3 Å². The Balaban J connectivity index is 1.42. The Labute approximate surface area is 234 Å². The highest BCUT2D eigenvalue weighted by Crippen LogP contribution is 2.35. The Morgan fingerprint density at radius 1 is 1.15 bits per heavy atom. The molecule has 5 heterocycles. The van der Waals surface area contributed by atoms with Crippen molar-refractivity contribution in [3.05, 3.63) is 70.9 Å². The Hall–Kier alpha value is -4.59. The number of imidazole rings is 1. The SMILES string of the molecule is CC(=O)N1C[C@H](NC(=O)c2ncc(C(F)F)s2)C[C@H](n2c(-c3ccccc3F)nc3cnc(-c4ncco4)cc32)C1. The quantitative estimate of drug-likeness (QED) is 0.304. The van der Waals surface area contributed by atoms with Crippen LogP contribution in [0.5, 0.6) is 0 Å². The van der Waals surface area contributed by atoms with E-state index in [2.05, 4.69) is 20.3 Å². The van der Waals surface area contributed by atoms with E-state index in [1.165, 1.54) is 25.5 Å². The zero-order chi connectivity index (χ0) is 28.7. The molecular formula is C27H22F3N7O3S. The fraction of sp³-hybridized carbons (Fsp3) is 0.259. The number of nitrogens with one attached hydrogen (secondary N) is 1. The second-order valence-electron chi connectivity index (χ2n) is 9.53. The van der Waals surface area contributed by atoms with Crippen LogP contribution in [0, 0.1) is 5.82 Å².